The van der Waals surface area contributed by atoms with Gasteiger partial charge in [-0.05, 0) is 162 Å². The Bertz CT molecular complexity index is 1740. The summed E-state index contributed by atoms with van der Waals surface area (Å²) in [5.74, 6) is 0. The quantitative estimate of drug-likeness (QED) is 0.186. The van der Waals surface area contributed by atoms with E-state index in [9.17, 15) is 0 Å². The smallest absolute Gasteiger partial charge is 0.0601 e. The zero-order valence-corrected chi connectivity index (χ0v) is 28.9. The maximum Gasteiger partial charge on any atom is 0.0601 e. The van der Waals surface area contributed by atoms with Crippen LogP contribution in [0.15, 0.2) is 82.6 Å². The molecule has 0 saturated heterocycles. The van der Waals surface area contributed by atoms with Crippen LogP contribution in [0.3, 0.4) is 0 Å². The van der Waals surface area contributed by atoms with E-state index in [0.29, 0.717) is 0 Å². The SMILES string of the molecule is Cc1cc(C)c(P(c2c(C)cc(C)cc2C)c2c(C)c(C)c(N3c4ccccc4Sc4ccccc43)c(C)c2C)c(C)c1. The predicted molar refractivity (Wildman–Crippen MR) is 191 cm³/mol. The average molecular weight is 600 g/mol. The van der Waals surface area contributed by atoms with E-state index in [-0.39, 0.29) is 0 Å². The van der Waals surface area contributed by atoms with Gasteiger partial charge in [-0.25, -0.2) is 0 Å². The molecule has 1 aliphatic heterocycles. The first kappa shape index (κ1) is 29.7. The second-order valence-electron chi connectivity index (χ2n) is 12.4. The Balaban J connectivity index is 1.68. The van der Waals surface area contributed by atoms with Crippen LogP contribution in [0.25, 0.3) is 0 Å². The van der Waals surface area contributed by atoms with Gasteiger partial charge in [-0.2, -0.15) is 0 Å². The number of nitrogens with zero attached hydrogens (tertiary/aromatic N) is 1. The fourth-order valence-corrected chi connectivity index (χ4v) is 11.7. The largest absolute Gasteiger partial charge is 0.308 e. The van der Waals surface area contributed by atoms with Gasteiger partial charge in [0.1, 0.15) is 0 Å². The second-order valence-corrected chi connectivity index (χ2v) is 15.5. The lowest BCUT2D eigenvalue weighted by atomic mass is 9.96. The molecule has 1 heterocycles. The summed E-state index contributed by atoms with van der Waals surface area (Å²) in [6.45, 7) is 23.2. The summed E-state index contributed by atoms with van der Waals surface area (Å²) in [6.07, 6.45) is 0. The highest BCUT2D eigenvalue weighted by Crippen LogP contribution is 2.53. The molecule has 0 aromatic heterocycles. The van der Waals surface area contributed by atoms with Gasteiger partial charge in [-0.1, -0.05) is 71.4 Å². The van der Waals surface area contributed by atoms with E-state index in [4.69, 9.17) is 0 Å². The zero-order chi connectivity index (χ0) is 30.7. The average Bonchev–Trinajstić information content (AvgIpc) is 2.94. The number of hydrogen-bond acceptors (Lipinski definition) is 2. The van der Waals surface area contributed by atoms with E-state index in [0.717, 1.165) is 0 Å². The van der Waals surface area contributed by atoms with Crippen molar-refractivity contribution >= 4 is 52.7 Å². The summed E-state index contributed by atoms with van der Waals surface area (Å²) in [5, 5.41) is 4.55. The molecule has 0 radical (unpaired) electrons. The van der Waals surface area contributed by atoms with Crippen LogP contribution in [0.2, 0.25) is 0 Å². The monoisotopic (exact) mass is 599 g/mol. The van der Waals surface area contributed by atoms with E-state index in [1.165, 1.54) is 98.4 Å². The minimum Gasteiger partial charge on any atom is -0.308 e. The van der Waals surface area contributed by atoms with Crippen molar-refractivity contribution in [2.75, 3.05) is 4.90 Å². The Morgan fingerprint density at radius 2 is 0.837 bits per heavy atom. The molecule has 5 aromatic carbocycles. The third-order valence-electron chi connectivity index (χ3n) is 9.14. The number of anilines is 3. The van der Waals surface area contributed by atoms with Gasteiger partial charge in [0.05, 0.1) is 17.1 Å². The van der Waals surface area contributed by atoms with Crippen molar-refractivity contribution in [3.8, 4) is 0 Å². The highest BCUT2D eigenvalue weighted by molar-refractivity contribution is 7.99. The third kappa shape index (κ3) is 4.94. The second kappa shape index (κ2) is 11.3. The molecule has 0 atom stereocenters. The van der Waals surface area contributed by atoms with Crippen molar-refractivity contribution in [2.45, 2.75) is 79.0 Å². The van der Waals surface area contributed by atoms with Crippen LogP contribution in [0.4, 0.5) is 17.1 Å². The van der Waals surface area contributed by atoms with E-state index in [1.807, 2.05) is 11.8 Å². The number of aryl methyl sites for hydroxylation is 6. The molecule has 0 amide bonds. The van der Waals surface area contributed by atoms with Crippen molar-refractivity contribution in [1.82, 2.24) is 0 Å². The third-order valence-corrected chi connectivity index (χ3v) is 13.7. The molecule has 218 valence electrons. The summed E-state index contributed by atoms with van der Waals surface area (Å²) in [7, 11) is -0.786. The van der Waals surface area contributed by atoms with E-state index in [2.05, 4.69) is 147 Å². The molecule has 0 spiro atoms. The predicted octanol–water partition coefficient (Wildman–Crippen LogP) is 10.5. The fourth-order valence-electron chi connectivity index (χ4n) is 7.27. The lowest BCUT2D eigenvalue weighted by molar-refractivity contribution is 1.12. The maximum absolute atomic E-state index is 2.53. The first-order chi connectivity index (χ1) is 20.5. The zero-order valence-electron chi connectivity index (χ0n) is 27.2. The Morgan fingerprint density at radius 1 is 0.465 bits per heavy atom. The summed E-state index contributed by atoms with van der Waals surface area (Å²) in [5.41, 5.74) is 17.7. The topological polar surface area (TPSA) is 3.24 Å². The van der Waals surface area contributed by atoms with Crippen molar-refractivity contribution in [1.29, 1.82) is 0 Å². The molecule has 1 aliphatic rings. The molecule has 0 N–H and O–H groups in total. The molecule has 0 fully saturated rings. The molecule has 0 saturated carbocycles. The van der Waals surface area contributed by atoms with Crippen LogP contribution in [-0.2, 0) is 0 Å². The molecule has 0 unspecified atom stereocenters. The van der Waals surface area contributed by atoms with Crippen LogP contribution >= 0.6 is 19.7 Å². The number of fused-ring (bicyclic) bond motifs is 2. The highest BCUT2D eigenvalue weighted by Gasteiger charge is 2.32. The number of para-hydroxylation sites is 2. The Kier molecular flexibility index (Phi) is 7.82. The molecular weight excluding hydrogens is 557 g/mol. The van der Waals surface area contributed by atoms with Crippen molar-refractivity contribution in [2.24, 2.45) is 0 Å². The van der Waals surface area contributed by atoms with Crippen LogP contribution in [0.5, 0.6) is 0 Å². The standard InChI is InChI=1S/C40H42NPS/c1-23-19-25(3)38(26(4)20-23)42(39-27(5)21-24(2)22-28(39)6)40-31(9)29(7)37(30(8)32(40)10)41-33-15-11-13-17-35(33)43-36-18-14-12-16-34(36)41/h11-22H,1-10H3. The van der Waals surface area contributed by atoms with Gasteiger partial charge in [-0.15, -0.1) is 0 Å². The number of hydrogen-bond donors (Lipinski definition) is 0. The molecule has 0 bridgehead atoms. The summed E-state index contributed by atoms with van der Waals surface area (Å²) in [6, 6.07) is 27.3. The molecule has 1 nitrogen and oxygen atoms in total. The minimum atomic E-state index is -0.786. The minimum absolute atomic E-state index is 0.786. The Labute approximate surface area is 264 Å². The molecule has 5 aromatic rings. The normalized spacial score (nSPS) is 12.5. The highest BCUT2D eigenvalue weighted by atomic mass is 32.2. The number of benzene rings is 5. The summed E-state index contributed by atoms with van der Waals surface area (Å²) >= 11 is 1.87. The first-order valence-corrected chi connectivity index (χ1v) is 17.4. The Hall–Kier alpha value is -3.32. The van der Waals surface area contributed by atoms with E-state index < -0.39 is 7.92 Å². The first-order valence-electron chi connectivity index (χ1n) is 15.2. The summed E-state index contributed by atoms with van der Waals surface area (Å²) in [4.78, 5) is 5.14. The van der Waals surface area contributed by atoms with Gasteiger partial charge in [0.25, 0.3) is 0 Å². The van der Waals surface area contributed by atoms with Gasteiger partial charge in [0.15, 0.2) is 0 Å². The lowest BCUT2D eigenvalue weighted by Crippen LogP contribution is -2.32. The Morgan fingerprint density at radius 3 is 1.23 bits per heavy atom. The summed E-state index contributed by atoms with van der Waals surface area (Å²) < 4.78 is 0. The van der Waals surface area contributed by atoms with Crippen LogP contribution in [0, 0.1) is 69.2 Å². The van der Waals surface area contributed by atoms with Crippen LogP contribution in [-0.4, -0.2) is 0 Å². The van der Waals surface area contributed by atoms with Crippen LogP contribution in [0.1, 0.15) is 55.6 Å². The van der Waals surface area contributed by atoms with Gasteiger partial charge in [0.2, 0.25) is 0 Å². The van der Waals surface area contributed by atoms with Gasteiger partial charge in [-0.3, -0.25) is 0 Å². The lowest BCUT2D eigenvalue weighted by Gasteiger charge is -2.37. The molecule has 3 heteroatoms. The molecular formula is C40H42NPS. The van der Waals surface area contributed by atoms with E-state index >= 15 is 0 Å². The number of rotatable bonds is 4. The van der Waals surface area contributed by atoms with Gasteiger partial charge in [0, 0.05) is 9.79 Å². The van der Waals surface area contributed by atoms with Crippen LogP contribution < -0.4 is 20.8 Å². The molecule has 43 heavy (non-hydrogen) atoms. The molecule has 6 rings (SSSR count). The van der Waals surface area contributed by atoms with Crippen molar-refractivity contribution < 1.29 is 0 Å². The van der Waals surface area contributed by atoms with Crippen molar-refractivity contribution in [3.05, 3.63) is 128 Å². The van der Waals surface area contributed by atoms with Gasteiger partial charge < -0.3 is 4.90 Å². The van der Waals surface area contributed by atoms with Gasteiger partial charge >= 0.3 is 0 Å². The maximum atomic E-state index is 2.53. The molecule has 0 aliphatic carbocycles. The van der Waals surface area contributed by atoms with Crippen molar-refractivity contribution in [3.63, 3.8) is 0 Å². The fraction of sp³-hybridized carbons (Fsp3) is 0.250. The van der Waals surface area contributed by atoms with E-state index in [1.54, 1.807) is 0 Å².